The van der Waals surface area contributed by atoms with Gasteiger partial charge in [-0.1, -0.05) is 11.8 Å². The Balaban J connectivity index is 1.37. The third-order valence-corrected chi connectivity index (χ3v) is 4.76. The van der Waals surface area contributed by atoms with Crippen LogP contribution in [0, 0.1) is 6.92 Å². The van der Waals surface area contributed by atoms with Crippen molar-refractivity contribution in [2.45, 2.75) is 37.4 Å². The summed E-state index contributed by atoms with van der Waals surface area (Å²) in [7, 11) is 0. The number of aromatic nitrogens is 5. The minimum Gasteiger partial charge on any atom is -0.354 e. The van der Waals surface area contributed by atoms with Gasteiger partial charge in [-0.2, -0.15) is 5.10 Å². The summed E-state index contributed by atoms with van der Waals surface area (Å²) in [5.74, 6) is 1.97. The van der Waals surface area contributed by atoms with Crippen LogP contribution in [0.3, 0.4) is 0 Å². The van der Waals surface area contributed by atoms with E-state index in [4.69, 9.17) is 0 Å². The van der Waals surface area contributed by atoms with Gasteiger partial charge in [0.1, 0.15) is 12.4 Å². The Kier molecular flexibility index (Phi) is 5.86. The standard InChI is InChI=1S/C15H23N7OS/c1-11-18-15(20-19-11)24-8-6-17-14(23)10-22-7-4-13(21-22)12-3-2-5-16-9-12/h4,7,12,16H,2-3,5-6,8-10H2,1H3,(H,17,23)(H,18,19,20)/t12-/m0/s1. The van der Waals surface area contributed by atoms with Gasteiger partial charge < -0.3 is 10.6 Å². The van der Waals surface area contributed by atoms with E-state index in [1.807, 2.05) is 19.2 Å². The summed E-state index contributed by atoms with van der Waals surface area (Å²) in [4.78, 5) is 16.2. The van der Waals surface area contributed by atoms with Gasteiger partial charge in [0.2, 0.25) is 11.1 Å². The Morgan fingerprint density at radius 2 is 2.46 bits per heavy atom. The summed E-state index contributed by atoms with van der Waals surface area (Å²) < 4.78 is 1.71. The van der Waals surface area contributed by atoms with E-state index >= 15 is 0 Å². The van der Waals surface area contributed by atoms with Crippen molar-refractivity contribution in [2.24, 2.45) is 0 Å². The Morgan fingerprint density at radius 1 is 1.54 bits per heavy atom. The number of carbonyl (C=O) groups excluding carboxylic acids is 1. The van der Waals surface area contributed by atoms with Crippen LogP contribution >= 0.6 is 11.8 Å². The predicted molar refractivity (Wildman–Crippen MR) is 91.9 cm³/mol. The fourth-order valence-corrected chi connectivity index (χ4v) is 3.41. The number of hydrogen-bond donors (Lipinski definition) is 3. The number of carbonyl (C=O) groups is 1. The van der Waals surface area contributed by atoms with E-state index in [0.29, 0.717) is 17.6 Å². The number of hydrogen-bond acceptors (Lipinski definition) is 6. The number of aromatic amines is 1. The summed E-state index contributed by atoms with van der Waals surface area (Å²) in [6, 6.07) is 2.02. The first-order valence-electron chi connectivity index (χ1n) is 8.23. The maximum absolute atomic E-state index is 12.0. The number of H-pyrrole nitrogens is 1. The van der Waals surface area contributed by atoms with E-state index in [1.54, 1.807) is 4.68 Å². The summed E-state index contributed by atoms with van der Waals surface area (Å²) in [5.41, 5.74) is 1.07. The number of piperidine rings is 1. The summed E-state index contributed by atoms with van der Waals surface area (Å²) >= 11 is 1.51. The molecule has 0 unspecified atom stereocenters. The van der Waals surface area contributed by atoms with Crippen molar-refractivity contribution in [3.63, 3.8) is 0 Å². The lowest BCUT2D eigenvalue weighted by Crippen LogP contribution is -2.30. The van der Waals surface area contributed by atoms with Crippen LogP contribution < -0.4 is 10.6 Å². The second-order valence-corrected chi connectivity index (χ2v) is 6.95. The van der Waals surface area contributed by atoms with E-state index in [9.17, 15) is 4.79 Å². The molecule has 3 heterocycles. The van der Waals surface area contributed by atoms with Crippen molar-refractivity contribution in [2.75, 3.05) is 25.4 Å². The van der Waals surface area contributed by atoms with Crippen molar-refractivity contribution >= 4 is 17.7 Å². The van der Waals surface area contributed by atoms with Gasteiger partial charge in [-0.05, 0) is 32.4 Å². The molecule has 2 aromatic heterocycles. The van der Waals surface area contributed by atoms with Crippen LogP contribution in [-0.4, -0.2) is 56.3 Å². The van der Waals surface area contributed by atoms with Gasteiger partial charge in [0.15, 0.2) is 0 Å². The maximum Gasteiger partial charge on any atom is 0.241 e. The number of aryl methyl sites for hydroxylation is 1. The highest BCUT2D eigenvalue weighted by Crippen LogP contribution is 2.21. The molecule has 1 atom stereocenters. The monoisotopic (exact) mass is 349 g/mol. The van der Waals surface area contributed by atoms with Crippen LogP contribution in [-0.2, 0) is 11.3 Å². The molecule has 0 bridgehead atoms. The summed E-state index contributed by atoms with van der Waals surface area (Å²) in [5, 5.41) is 18.4. The molecular formula is C15H23N7OS. The molecule has 8 nitrogen and oxygen atoms in total. The van der Waals surface area contributed by atoms with Gasteiger partial charge in [0, 0.05) is 31.0 Å². The number of rotatable bonds is 7. The van der Waals surface area contributed by atoms with Crippen LogP contribution in [0.2, 0.25) is 0 Å². The average Bonchev–Trinajstić information content (AvgIpc) is 3.22. The minimum absolute atomic E-state index is 0.0295. The highest BCUT2D eigenvalue weighted by atomic mass is 32.2. The van der Waals surface area contributed by atoms with Crippen molar-refractivity contribution in [1.29, 1.82) is 0 Å². The van der Waals surface area contributed by atoms with Crippen molar-refractivity contribution < 1.29 is 4.79 Å². The highest BCUT2D eigenvalue weighted by molar-refractivity contribution is 7.99. The Hall–Kier alpha value is -1.87. The zero-order chi connectivity index (χ0) is 16.8. The molecule has 1 fully saturated rings. The van der Waals surface area contributed by atoms with E-state index in [0.717, 1.165) is 36.8 Å². The van der Waals surface area contributed by atoms with E-state index < -0.39 is 0 Å². The lowest BCUT2D eigenvalue weighted by molar-refractivity contribution is -0.121. The number of thioether (sulfide) groups is 1. The third-order valence-electron chi connectivity index (χ3n) is 3.91. The smallest absolute Gasteiger partial charge is 0.241 e. The van der Waals surface area contributed by atoms with Gasteiger partial charge in [0.25, 0.3) is 0 Å². The van der Waals surface area contributed by atoms with Gasteiger partial charge in [-0.25, -0.2) is 4.98 Å². The van der Waals surface area contributed by atoms with Crippen LogP contribution in [0.4, 0.5) is 0 Å². The van der Waals surface area contributed by atoms with Gasteiger partial charge in [0.05, 0.1) is 5.69 Å². The molecule has 24 heavy (non-hydrogen) atoms. The van der Waals surface area contributed by atoms with Crippen molar-refractivity contribution in [3.8, 4) is 0 Å². The number of nitrogens with zero attached hydrogens (tertiary/aromatic N) is 4. The van der Waals surface area contributed by atoms with E-state index in [1.165, 1.54) is 18.2 Å². The lowest BCUT2D eigenvalue weighted by Gasteiger charge is -2.20. The topological polar surface area (TPSA) is 101 Å². The normalized spacial score (nSPS) is 17.8. The molecule has 0 aromatic carbocycles. The molecule has 130 valence electrons. The Bertz CT molecular complexity index is 662. The summed E-state index contributed by atoms with van der Waals surface area (Å²) in [6.45, 7) is 4.76. The molecule has 1 saturated heterocycles. The number of nitrogens with one attached hydrogen (secondary N) is 3. The number of amides is 1. The van der Waals surface area contributed by atoms with Gasteiger partial charge in [-0.15, -0.1) is 5.10 Å². The zero-order valence-corrected chi connectivity index (χ0v) is 14.6. The van der Waals surface area contributed by atoms with Crippen molar-refractivity contribution in [1.82, 2.24) is 35.6 Å². The molecule has 0 radical (unpaired) electrons. The molecule has 1 amide bonds. The molecule has 1 aliphatic rings. The fraction of sp³-hybridized carbons (Fsp3) is 0.600. The minimum atomic E-state index is -0.0295. The largest absolute Gasteiger partial charge is 0.354 e. The quantitative estimate of drug-likeness (QED) is 0.502. The van der Waals surface area contributed by atoms with Gasteiger partial charge >= 0.3 is 0 Å². The maximum atomic E-state index is 12.0. The third kappa shape index (κ3) is 4.81. The van der Waals surface area contributed by atoms with Crippen LogP contribution in [0.5, 0.6) is 0 Å². The first-order chi connectivity index (χ1) is 11.7. The average molecular weight is 349 g/mol. The fourth-order valence-electron chi connectivity index (χ4n) is 2.71. The van der Waals surface area contributed by atoms with Gasteiger partial charge in [-0.3, -0.25) is 14.6 Å². The SMILES string of the molecule is Cc1nc(SCCNC(=O)Cn2ccc([C@H]3CCCNC3)n2)n[nH]1. The van der Waals surface area contributed by atoms with Crippen molar-refractivity contribution in [3.05, 3.63) is 23.8 Å². The molecule has 2 aromatic rings. The highest BCUT2D eigenvalue weighted by Gasteiger charge is 2.17. The molecule has 0 spiro atoms. The Morgan fingerprint density at radius 3 is 3.21 bits per heavy atom. The molecule has 3 rings (SSSR count). The zero-order valence-electron chi connectivity index (χ0n) is 13.8. The second-order valence-electron chi connectivity index (χ2n) is 5.88. The first-order valence-corrected chi connectivity index (χ1v) is 9.22. The first kappa shape index (κ1) is 17.0. The van der Waals surface area contributed by atoms with E-state index in [-0.39, 0.29) is 12.5 Å². The molecule has 1 aliphatic heterocycles. The van der Waals surface area contributed by atoms with Crippen LogP contribution in [0.25, 0.3) is 0 Å². The van der Waals surface area contributed by atoms with E-state index in [2.05, 4.69) is 30.9 Å². The lowest BCUT2D eigenvalue weighted by atomic mass is 9.97. The molecule has 0 aliphatic carbocycles. The van der Waals surface area contributed by atoms with Crippen LogP contribution in [0.1, 0.15) is 30.3 Å². The Labute approximate surface area is 145 Å². The molecular weight excluding hydrogens is 326 g/mol. The molecule has 0 saturated carbocycles. The van der Waals surface area contributed by atoms with Crippen LogP contribution in [0.15, 0.2) is 17.4 Å². The molecule has 3 N–H and O–H groups in total. The summed E-state index contributed by atoms with van der Waals surface area (Å²) in [6.07, 6.45) is 4.23. The second kappa shape index (κ2) is 8.29. The molecule has 9 heteroatoms. The predicted octanol–water partition coefficient (Wildman–Crippen LogP) is 0.685.